The van der Waals surface area contributed by atoms with E-state index in [1.807, 2.05) is 0 Å². The van der Waals surface area contributed by atoms with E-state index in [-0.39, 0.29) is 31.0 Å². The van der Waals surface area contributed by atoms with Gasteiger partial charge in [-0.2, -0.15) is 0 Å². The van der Waals surface area contributed by atoms with Crippen LogP contribution in [0.25, 0.3) is 0 Å². The van der Waals surface area contributed by atoms with E-state index in [0.29, 0.717) is 19.1 Å². The summed E-state index contributed by atoms with van der Waals surface area (Å²) in [5, 5.41) is 2.90. The van der Waals surface area contributed by atoms with Crippen molar-refractivity contribution in [3.05, 3.63) is 0 Å². The van der Waals surface area contributed by atoms with Gasteiger partial charge in [0.15, 0.2) is 0 Å². The average molecular weight is 328 g/mol. The lowest BCUT2D eigenvalue weighted by atomic mass is 10.2. The third-order valence-corrected chi connectivity index (χ3v) is 3.69. The van der Waals surface area contributed by atoms with Gasteiger partial charge < -0.3 is 15.0 Å². The minimum atomic E-state index is -0.0800. The molecule has 7 heteroatoms. The highest BCUT2D eigenvalue weighted by Gasteiger charge is 2.21. The van der Waals surface area contributed by atoms with Gasteiger partial charge in [-0.15, -0.1) is 0 Å². The number of likely N-dealkylation sites (N-methyl/N-ethyl adjacent to an activating group) is 2. The molecule has 1 aliphatic heterocycles. The van der Waals surface area contributed by atoms with Gasteiger partial charge in [0.1, 0.15) is 0 Å². The second-order valence-electron chi connectivity index (χ2n) is 6.91. The molecule has 0 bridgehead atoms. The molecule has 0 aromatic carbocycles. The van der Waals surface area contributed by atoms with Crippen LogP contribution in [0, 0.1) is 5.92 Å². The molecule has 1 heterocycles. The number of carbonyl (C=O) groups is 2. The van der Waals surface area contributed by atoms with Crippen molar-refractivity contribution in [1.82, 2.24) is 20.0 Å². The Morgan fingerprint density at radius 2 is 1.96 bits per heavy atom. The van der Waals surface area contributed by atoms with Crippen LogP contribution >= 0.6 is 0 Å². The molecule has 23 heavy (non-hydrogen) atoms. The first kappa shape index (κ1) is 19.9. The third kappa shape index (κ3) is 8.29. The molecule has 1 N–H and O–H groups in total. The Balaban J connectivity index is 2.26. The van der Waals surface area contributed by atoms with Crippen molar-refractivity contribution in [2.75, 3.05) is 67.0 Å². The fourth-order valence-electron chi connectivity index (χ4n) is 2.54. The number of rotatable bonds is 8. The van der Waals surface area contributed by atoms with Crippen LogP contribution in [0.3, 0.4) is 0 Å². The largest absolute Gasteiger partial charge is 0.374 e. The zero-order valence-electron chi connectivity index (χ0n) is 15.2. The summed E-state index contributed by atoms with van der Waals surface area (Å²) in [6.45, 7) is 8.96. The predicted molar refractivity (Wildman–Crippen MR) is 90.2 cm³/mol. The van der Waals surface area contributed by atoms with E-state index >= 15 is 0 Å². The molecule has 0 aromatic rings. The Kier molecular flexibility index (Phi) is 8.51. The van der Waals surface area contributed by atoms with Crippen molar-refractivity contribution in [2.24, 2.45) is 5.92 Å². The van der Waals surface area contributed by atoms with E-state index in [1.165, 1.54) is 4.90 Å². The molecule has 0 spiro atoms. The molecule has 1 saturated heterocycles. The lowest BCUT2D eigenvalue weighted by Gasteiger charge is -2.34. The Bertz CT molecular complexity index is 388. The zero-order valence-corrected chi connectivity index (χ0v) is 15.2. The number of carbonyl (C=O) groups excluding carboxylic acids is 2. The number of nitrogens with zero attached hydrogens (tertiary/aromatic N) is 3. The topological polar surface area (TPSA) is 65.1 Å². The molecule has 7 nitrogen and oxygen atoms in total. The monoisotopic (exact) mass is 328 g/mol. The molecule has 2 amide bonds. The summed E-state index contributed by atoms with van der Waals surface area (Å²) >= 11 is 0. The summed E-state index contributed by atoms with van der Waals surface area (Å²) in [6.07, 6.45) is 0.0418. The van der Waals surface area contributed by atoms with Crippen LogP contribution in [0.2, 0.25) is 0 Å². The van der Waals surface area contributed by atoms with E-state index in [0.717, 1.165) is 19.6 Å². The van der Waals surface area contributed by atoms with Crippen molar-refractivity contribution in [3.63, 3.8) is 0 Å². The van der Waals surface area contributed by atoms with E-state index in [1.54, 1.807) is 26.0 Å². The van der Waals surface area contributed by atoms with Crippen molar-refractivity contribution in [3.8, 4) is 0 Å². The molecule has 1 unspecified atom stereocenters. The SMILES string of the molecule is CC(C)CN1CCOC(CNC(=O)CN(C)CC(=O)N(C)C)C1. The maximum atomic E-state index is 12.0. The second kappa shape index (κ2) is 9.85. The van der Waals surface area contributed by atoms with Crippen molar-refractivity contribution >= 4 is 11.8 Å². The molecule has 0 aromatic heterocycles. The van der Waals surface area contributed by atoms with Gasteiger partial charge in [0, 0.05) is 40.3 Å². The highest BCUT2D eigenvalue weighted by atomic mass is 16.5. The molecular formula is C16H32N4O3. The number of hydrogen-bond donors (Lipinski definition) is 1. The maximum Gasteiger partial charge on any atom is 0.236 e. The molecule has 1 rings (SSSR count). The first-order valence-electron chi connectivity index (χ1n) is 8.27. The summed E-state index contributed by atoms with van der Waals surface area (Å²) in [7, 11) is 5.18. The molecule has 1 aliphatic rings. The average Bonchev–Trinajstić information content (AvgIpc) is 2.44. The van der Waals surface area contributed by atoms with Gasteiger partial charge in [-0.25, -0.2) is 0 Å². The van der Waals surface area contributed by atoms with E-state index in [9.17, 15) is 9.59 Å². The van der Waals surface area contributed by atoms with Crippen molar-refractivity contribution in [2.45, 2.75) is 20.0 Å². The summed E-state index contributed by atoms with van der Waals surface area (Å²) in [5.41, 5.74) is 0. The molecule has 0 saturated carbocycles. The second-order valence-corrected chi connectivity index (χ2v) is 6.91. The van der Waals surface area contributed by atoms with E-state index < -0.39 is 0 Å². The van der Waals surface area contributed by atoms with Gasteiger partial charge in [0.2, 0.25) is 11.8 Å². The number of amides is 2. The number of morpholine rings is 1. The van der Waals surface area contributed by atoms with Crippen LogP contribution in [-0.4, -0.2) is 99.6 Å². The molecular weight excluding hydrogens is 296 g/mol. The summed E-state index contributed by atoms with van der Waals surface area (Å²) in [5.74, 6) is 0.537. The fourth-order valence-corrected chi connectivity index (χ4v) is 2.54. The first-order chi connectivity index (χ1) is 10.8. The van der Waals surface area contributed by atoms with E-state index in [4.69, 9.17) is 4.74 Å². The minimum Gasteiger partial charge on any atom is -0.374 e. The lowest BCUT2D eigenvalue weighted by Crippen LogP contribution is -2.49. The summed E-state index contributed by atoms with van der Waals surface area (Å²) < 4.78 is 5.71. The number of nitrogens with one attached hydrogen (secondary N) is 1. The summed E-state index contributed by atoms with van der Waals surface area (Å²) in [6, 6.07) is 0. The quantitative estimate of drug-likeness (QED) is 0.649. The van der Waals surface area contributed by atoms with Crippen LogP contribution in [0.1, 0.15) is 13.8 Å². The highest BCUT2D eigenvalue weighted by Crippen LogP contribution is 2.07. The zero-order chi connectivity index (χ0) is 17.4. The standard InChI is InChI=1S/C16H32N4O3/c1-13(2)9-20-6-7-23-14(10-20)8-17-15(21)11-19(5)12-16(22)18(3)4/h13-14H,6-12H2,1-5H3,(H,17,21). The minimum absolute atomic E-state index is 0.0137. The normalized spacial score (nSPS) is 19.2. The van der Waals surface area contributed by atoms with Gasteiger partial charge in [0.05, 0.1) is 25.8 Å². The highest BCUT2D eigenvalue weighted by molar-refractivity contribution is 5.80. The van der Waals surface area contributed by atoms with Gasteiger partial charge in [-0.05, 0) is 13.0 Å². The first-order valence-corrected chi connectivity index (χ1v) is 8.27. The Hall–Kier alpha value is -1.18. The van der Waals surface area contributed by atoms with Crippen LogP contribution < -0.4 is 5.32 Å². The fraction of sp³-hybridized carbons (Fsp3) is 0.875. The molecule has 134 valence electrons. The summed E-state index contributed by atoms with van der Waals surface area (Å²) in [4.78, 5) is 29.2. The predicted octanol–water partition coefficient (Wildman–Crippen LogP) is -0.521. The maximum absolute atomic E-state index is 12.0. The Morgan fingerprint density at radius 1 is 1.26 bits per heavy atom. The van der Waals surface area contributed by atoms with Gasteiger partial charge in [-0.3, -0.25) is 19.4 Å². The van der Waals surface area contributed by atoms with Gasteiger partial charge in [-0.1, -0.05) is 13.8 Å². The van der Waals surface area contributed by atoms with Crippen LogP contribution in [0.15, 0.2) is 0 Å². The van der Waals surface area contributed by atoms with Gasteiger partial charge >= 0.3 is 0 Å². The number of hydrogen-bond acceptors (Lipinski definition) is 5. The number of ether oxygens (including phenoxy) is 1. The van der Waals surface area contributed by atoms with Gasteiger partial charge in [0.25, 0.3) is 0 Å². The smallest absolute Gasteiger partial charge is 0.236 e. The Morgan fingerprint density at radius 3 is 2.57 bits per heavy atom. The van der Waals surface area contributed by atoms with Crippen molar-refractivity contribution < 1.29 is 14.3 Å². The van der Waals surface area contributed by atoms with Crippen LogP contribution in [0.5, 0.6) is 0 Å². The van der Waals surface area contributed by atoms with Crippen molar-refractivity contribution in [1.29, 1.82) is 0 Å². The van der Waals surface area contributed by atoms with Crippen LogP contribution in [-0.2, 0) is 14.3 Å². The third-order valence-electron chi connectivity index (χ3n) is 3.69. The lowest BCUT2D eigenvalue weighted by molar-refractivity contribution is -0.130. The molecule has 0 aliphatic carbocycles. The Labute approximate surface area is 139 Å². The molecule has 1 fully saturated rings. The van der Waals surface area contributed by atoms with E-state index in [2.05, 4.69) is 24.1 Å². The molecule has 1 atom stereocenters. The molecule has 0 radical (unpaired) electrons. The van der Waals surface area contributed by atoms with Crippen LogP contribution in [0.4, 0.5) is 0 Å².